The van der Waals surface area contributed by atoms with Gasteiger partial charge in [-0.25, -0.2) is 0 Å². The van der Waals surface area contributed by atoms with E-state index < -0.39 is 5.97 Å². The van der Waals surface area contributed by atoms with E-state index in [9.17, 15) is 15.2 Å². The first-order chi connectivity index (χ1) is 16.1. The van der Waals surface area contributed by atoms with Gasteiger partial charge in [0, 0.05) is 24.7 Å². The number of fused-ring (bicyclic) bond motifs is 1. The molecule has 0 unspecified atom stereocenters. The predicted molar refractivity (Wildman–Crippen MR) is 123 cm³/mol. The Labute approximate surface area is 193 Å². The van der Waals surface area contributed by atoms with Crippen molar-refractivity contribution in [2.45, 2.75) is 26.4 Å². The average Bonchev–Trinajstić information content (AvgIpc) is 2.83. The minimum absolute atomic E-state index is 0.282. The lowest BCUT2D eigenvalue weighted by atomic mass is 9.97. The van der Waals surface area contributed by atoms with E-state index in [4.69, 9.17) is 14.2 Å². The standard InChI is InChI=1S/C26H28N2O5/c1-2-31-24-8-5-18(10-22(24)13-27)16-32-23-7-6-20-11-19(17-33-25(20)12-23)14-28-9-3-4-21(15-28)26(29)30/h5-8,10-12,21H,2-4,9,14-17H2,1H3,(H,29,30)/t21-/m1/s1. The van der Waals surface area contributed by atoms with Crippen molar-refractivity contribution < 1.29 is 24.1 Å². The van der Waals surface area contributed by atoms with E-state index in [0.717, 1.165) is 48.4 Å². The molecule has 2 aliphatic rings. The predicted octanol–water partition coefficient (Wildman–Crippen LogP) is 4.11. The molecule has 2 aromatic carbocycles. The van der Waals surface area contributed by atoms with Crippen molar-refractivity contribution in [2.75, 3.05) is 32.8 Å². The summed E-state index contributed by atoms with van der Waals surface area (Å²) in [5.41, 5.74) is 3.51. The fourth-order valence-electron chi connectivity index (χ4n) is 4.26. The summed E-state index contributed by atoms with van der Waals surface area (Å²) in [5, 5.41) is 18.6. The lowest BCUT2D eigenvalue weighted by Gasteiger charge is -2.32. The largest absolute Gasteiger partial charge is 0.492 e. The molecule has 0 radical (unpaired) electrons. The number of nitrogens with zero attached hydrogens (tertiary/aromatic N) is 2. The Morgan fingerprint density at radius 1 is 1.27 bits per heavy atom. The summed E-state index contributed by atoms with van der Waals surface area (Å²) in [4.78, 5) is 13.5. The van der Waals surface area contributed by atoms with Gasteiger partial charge >= 0.3 is 5.97 Å². The van der Waals surface area contributed by atoms with Gasteiger partial charge in [0.1, 0.15) is 36.5 Å². The normalized spacial score (nSPS) is 17.8. The summed E-state index contributed by atoms with van der Waals surface area (Å²) >= 11 is 0. The number of carbonyl (C=O) groups is 1. The van der Waals surface area contributed by atoms with Gasteiger partial charge in [0.25, 0.3) is 0 Å². The number of nitriles is 1. The second-order valence-electron chi connectivity index (χ2n) is 8.37. The number of carboxylic acids is 1. The molecule has 0 spiro atoms. The fourth-order valence-corrected chi connectivity index (χ4v) is 4.26. The summed E-state index contributed by atoms with van der Waals surface area (Å²) in [6, 6.07) is 13.4. The van der Waals surface area contributed by atoms with E-state index in [-0.39, 0.29) is 5.92 Å². The maximum absolute atomic E-state index is 11.3. The number of likely N-dealkylation sites (tertiary alicyclic amines) is 1. The highest BCUT2D eigenvalue weighted by Crippen LogP contribution is 2.31. The molecule has 0 amide bonds. The van der Waals surface area contributed by atoms with Crippen molar-refractivity contribution in [2.24, 2.45) is 5.92 Å². The van der Waals surface area contributed by atoms with Crippen LogP contribution in [0.25, 0.3) is 6.08 Å². The van der Waals surface area contributed by atoms with Crippen LogP contribution in [0.2, 0.25) is 0 Å². The Balaban J connectivity index is 1.37. The number of piperidine rings is 1. The molecule has 2 heterocycles. The second-order valence-corrected chi connectivity index (χ2v) is 8.37. The van der Waals surface area contributed by atoms with Crippen LogP contribution in [0.15, 0.2) is 42.0 Å². The van der Waals surface area contributed by atoms with Gasteiger partial charge in [0.15, 0.2) is 0 Å². The summed E-state index contributed by atoms with van der Waals surface area (Å²) in [5.74, 6) is 1.05. The quantitative estimate of drug-likeness (QED) is 0.650. The molecule has 1 atom stereocenters. The monoisotopic (exact) mass is 448 g/mol. The number of benzene rings is 2. The zero-order valence-electron chi connectivity index (χ0n) is 18.8. The highest BCUT2D eigenvalue weighted by atomic mass is 16.5. The van der Waals surface area contributed by atoms with E-state index >= 15 is 0 Å². The van der Waals surface area contributed by atoms with Crippen LogP contribution in [0.1, 0.15) is 36.5 Å². The molecule has 7 heteroatoms. The molecule has 0 saturated carbocycles. The van der Waals surface area contributed by atoms with Gasteiger partial charge in [0.2, 0.25) is 0 Å². The first-order valence-electron chi connectivity index (χ1n) is 11.3. The summed E-state index contributed by atoms with van der Waals surface area (Å²) < 4.78 is 17.4. The zero-order chi connectivity index (χ0) is 23.2. The van der Waals surface area contributed by atoms with Crippen LogP contribution in [0.4, 0.5) is 0 Å². The van der Waals surface area contributed by atoms with Crippen molar-refractivity contribution >= 4 is 12.0 Å². The van der Waals surface area contributed by atoms with Crippen LogP contribution in [0, 0.1) is 17.2 Å². The number of ether oxygens (including phenoxy) is 3. The van der Waals surface area contributed by atoms with Crippen molar-refractivity contribution in [1.82, 2.24) is 4.90 Å². The van der Waals surface area contributed by atoms with Gasteiger partial charge in [0.05, 0.1) is 18.1 Å². The molecule has 1 fully saturated rings. The molecule has 2 aromatic rings. The van der Waals surface area contributed by atoms with Crippen LogP contribution < -0.4 is 14.2 Å². The Hall–Kier alpha value is -3.50. The Kier molecular flexibility index (Phi) is 7.16. The van der Waals surface area contributed by atoms with Crippen LogP contribution in [0.3, 0.4) is 0 Å². The van der Waals surface area contributed by atoms with Gasteiger partial charge in [-0.1, -0.05) is 6.07 Å². The summed E-state index contributed by atoms with van der Waals surface area (Å²) in [6.45, 7) is 5.44. The van der Waals surface area contributed by atoms with Gasteiger partial charge in [-0.15, -0.1) is 0 Å². The maximum Gasteiger partial charge on any atom is 0.307 e. The van der Waals surface area contributed by atoms with Crippen molar-refractivity contribution in [3.63, 3.8) is 0 Å². The third-order valence-corrected chi connectivity index (χ3v) is 5.91. The second kappa shape index (κ2) is 10.4. The van der Waals surface area contributed by atoms with E-state index in [1.807, 2.05) is 31.2 Å². The molecular weight excluding hydrogens is 420 g/mol. The molecule has 172 valence electrons. The highest BCUT2D eigenvalue weighted by Gasteiger charge is 2.26. The number of hydrogen-bond donors (Lipinski definition) is 1. The van der Waals surface area contributed by atoms with Gasteiger partial charge < -0.3 is 19.3 Å². The fraction of sp³-hybridized carbons (Fsp3) is 0.385. The minimum atomic E-state index is -0.708. The van der Waals surface area contributed by atoms with Crippen molar-refractivity contribution in [3.8, 4) is 23.3 Å². The van der Waals surface area contributed by atoms with Crippen LogP contribution >= 0.6 is 0 Å². The molecule has 1 N–H and O–H groups in total. The smallest absolute Gasteiger partial charge is 0.307 e. The third-order valence-electron chi connectivity index (χ3n) is 5.91. The number of hydrogen-bond acceptors (Lipinski definition) is 6. The Bertz CT molecular complexity index is 1090. The lowest BCUT2D eigenvalue weighted by molar-refractivity contribution is -0.143. The highest BCUT2D eigenvalue weighted by molar-refractivity contribution is 5.70. The third kappa shape index (κ3) is 5.65. The van der Waals surface area contributed by atoms with Crippen molar-refractivity contribution in [3.05, 3.63) is 58.7 Å². The summed E-state index contributed by atoms with van der Waals surface area (Å²) in [7, 11) is 0. The van der Waals surface area contributed by atoms with Gasteiger partial charge in [-0.05, 0) is 67.8 Å². The zero-order valence-corrected chi connectivity index (χ0v) is 18.8. The van der Waals surface area contributed by atoms with E-state index in [0.29, 0.717) is 43.4 Å². The van der Waals surface area contributed by atoms with Crippen LogP contribution in [-0.4, -0.2) is 48.8 Å². The molecule has 2 aliphatic heterocycles. The molecule has 0 bridgehead atoms. The Morgan fingerprint density at radius 3 is 2.94 bits per heavy atom. The van der Waals surface area contributed by atoms with Gasteiger partial charge in [-0.2, -0.15) is 5.26 Å². The number of rotatable bonds is 8. The van der Waals surface area contributed by atoms with E-state index in [2.05, 4.69) is 17.0 Å². The Morgan fingerprint density at radius 2 is 2.15 bits per heavy atom. The SMILES string of the molecule is CCOc1ccc(COc2ccc3c(c2)OCC(CN2CCC[C@@H](C(=O)O)C2)=C3)cc1C#N. The van der Waals surface area contributed by atoms with E-state index in [1.54, 1.807) is 12.1 Å². The minimum Gasteiger partial charge on any atom is -0.492 e. The summed E-state index contributed by atoms with van der Waals surface area (Å²) in [6.07, 6.45) is 3.78. The molecule has 0 aromatic heterocycles. The molecular formula is C26H28N2O5. The molecule has 0 aliphatic carbocycles. The van der Waals surface area contributed by atoms with Crippen LogP contribution in [0.5, 0.6) is 17.2 Å². The van der Waals surface area contributed by atoms with Gasteiger partial charge in [-0.3, -0.25) is 9.69 Å². The molecule has 33 heavy (non-hydrogen) atoms. The number of carboxylic acid groups (broad SMARTS) is 1. The van der Waals surface area contributed by atoms with Crippen molar-refractivity contribution in [1.29, 1.82) is 5.26 Å². The first kappa shape index (κ1) is 22.7. The van der Waals surface area contributed by atoms with Crippen LogP contribution in [-0.2, 0) is 11.4 Å². The maximum atomic E-state index is 11.3. The molecule has 7 nitrogen and oxygen atoms in total. The number of aliphatic carboxylic acids is 1. The topological polar surface area (TPSA) is 92.0 Å². The molecule has 4 rings (SSSR count). The molecule has 1 saturated heterocycles. The average molecular weight is 449 g/mol. The lowest BCUT2D eigenvalue weighted by Crippen LogP contribution is -2.40. The first-order valence-corrected chi connectivity index (χ1v) is 11.3. The van der Waals surface area contributed by atoms with E-state index in [1.165, 1.54) is 0 Å².